The Labute approximate surface area is 103 Å². The van der Waals surface area contributed by atoms with E-state index in [1.807, 2.05) is 20.2 Å². The maximum atomic E-state index is 5.41. The van der Waals surface area contributed by atoms with Crippen LogP contribution in [0.2, 0.25) is 0 Å². The van der Waals surface area contributed by atoms with Gasteiger partial charge in [0.15, 0.2) is 5.75 Å². The van der Waals surface area contributed by atoms with Crippen molar-refractivity contribution in [3.8, 4) is 5.75 Å². The van der Waals surface area contributed by atoms with Gasteiger partial charge < -0.3 is 15.0 Å². The van der Waals surface area contributed by atoms with E-state index >= 15 is 0 Å². The molecule has 1 N–H and O–H groups in total. The summed E-state index contributed by atoms with van der Waals surface area (Å²) in [4.78, 5) is 6.72. The molecule has 1 saturated heterocycles. The summed E-state index contributed by atoms with van der Waals surface area (Å²) in [6.07, 6.45) is 4.31. The highest BCUT2D eigenvalue weighted by atomic mass is 16.5. The van der Waals surface area contributed by atoms with Crippen LogP contribution in [0.25, 0.3) is 0 Å². The molecule has 0 radical (unpaired) electrons. The van der Waals surface area contributed by atoms with Crippen LogP contribution in [-0.2, 0) is 0 Å². The molecule has 1 unspecified atom stereocenters. The maximum absolute atomic E-state index is 5.41. The molecule has 17 heavy (non-hydrogen) atoms. The van der Waals surface area contributed by atoms with Crippen molar-refractivity contribution in [1.29, 1.82) is 0 Å². The number of hydrogen-bond donors (Lipinski definition) is 1. The second-order valence-corrected chi connectivity index (χ2v) is 4.54. The Balaban J connectivity index is 2.28. The number of hydrogen-bond acceptors (Lipinski definition) is 4. The van der Waals surface area contributed by atoms with Crippen LogP contribution in [0.5, 0.6) is 5.75 Å². The number of ether oxygens (including phenoxy) is 1. The Morgan fingerprint density at radius 3 is 3.12 bits per heavy atom. The van der Waals surface area contributed by atoms with Gasteiger partial charge in [-0.2, -0.15) is 0 Å². The monoisotopic (exact) mass is 235 g/mol. The highest BCUT2D eigenvalue weighted by molar-refractivity contribution is 5.59. The minimum Gasteiger partial charge on any atom is -0.493 e. The lowest BCUT2D eigenvalue weighted by molar-refractivity contribution is 0.411. The lowest BCUT2D eigenvalue weighted by Crippen LogP contribution is -2.37. The summed E-state index contributed by atoms with van der Waals surface area (Å²) < 4.78 is 5.41. The molecule has 2 heterocycles. The standard InChI is InChI=1S/C13H21N3O/c1-10-7-12(13(17-3)9-15-10)16-6-4-5-11(16)8-14-2/h7,9,11,14H,4-6,8H2,1-3H3. The molecule has 0 saturated carbocycles. The Hall–Kier alpha value is -1.29. The number of likely N-dealkylation sites (N-methyl/N-ethyl adjacent to an activating group) is 1. The number of nitrogens with zero attached hydrogens (tertiary/aromatic N) is 2. The summed E-state index contributed by atoms with van der Waals surface area (Å²) in [7, 11) is 3.71. The molecule has 0 spiro atoms. The van der Waals surface area contributed by atoms with E-state index in [4.69, 9.17) is 4.74 Å². The number of nitrogens with one attached hydrogen (secondary N) is 1. The molecular weight excluding hydrogens is 214 g/mol. The fourth-order valence-corrected chi connectivity index (χ4v) is 2.52. The van der Waals surface area contributed by atoms with E-state index in [1.165, 1.54) is 18.5 Å². The van der Waals surface area contributed by atoms with Gasteiger partial charge in [-0.15, -0.1) is 0 Å². The van der Waals surface area contributed by atoms with Gasteiger partial charge in [0.05, 0.1) is 19.0 Å². The van der Waals surface area contributed by atoms with Crippen molar-refractivity contribution in [3.05, 3.63) is 18.0 Å². The number of aromatic nitrogens is 1. The summed E-state index contributed by atoms with van der Waals surface area (Å²) in [6, 6.07) is 2.68. The van der Waals surface area contributed by atoms with Crippen LogP contribution in [0.4, 0.5) is 5.69 Å². The largest absolute Gasteiger partial charge is 0.493 e. The van der Waals surface area contributed by atoms with E-state index in [0.717, 1.165) is 24.5 Å². The molecule has 4 nitrogen and oxygen atoms in total. The molecule has 94 valence electrons. The first-order chi connectivity index (χ1) is 8.26. The van der Waals surface area contributed by atoms with Gasteiger partial charge in [0, 0.05) is 24.8 Å². The quantitative estimate of drug-likeness (QED) is 0.860. The second kappa shape index (κ2) is 5.36. The zero-order valence-corrected chi connectivity index (χ0v) is 10.9. The van der Waals surface area contributed by atoms with Gasteiger partial charge in [0.2, 0.25) is 0 Å². The third kappa shape index (κ3) is 2.52. The normalized spacial score (nSPS) is 19.7. The van der Waals surface area contributed by atoms with Crippen molar-refractivity contribution in [1.82, 2.24) is 10.3 Å². The molecule has 1 aliphatic rings. The first-order valence-corrected chi connectivity index (χ1v) is 6.18. The first-order valence-electron chi connectivity index (χ1n) is 6.18. The summed E-state index contributed by atoms with van der Waals surface area (Å²) in [6.45, 7) is 4.14. The minimum absolute atomic E-state index is 0.565. The van der Waals surface area contributed by atoms with Gasteiger partial charge in [-0.1, -0.05) is 0 Å². The molecular formula is C13H21N3O. The summed E-state index contributed by atoms with van der Waals surface area (Å²) in [5.41, 5.74) is 2.22. The van der Waals surface area contributed by atoms with E-state index < -0.39 is 0 Å². The van der Waals surface area contributed by atoms with Crippen molar-refractivity contribution in [2.75, 3.05) is 32.1 Å². The fourth-order valence-electron chi connectivity index (χ4n) is 2.52. The predicted octanol–water partition coefficient (Wildman–Crippen LogP) is 1.59. The molecule has 0 amide bonds. The molecule has 1 aromatic heterocycles. The van der Waals surface area contributed by atoms with Crippen LogP contribution in [0.15, 0.2) is 12.3 Å². The van der Waals surface area contributed by atoms with Gasteiger partial charge in [0.1, 0.15) is 0 Å². The van der Waals surface area contributed by atoms with Crippen LogP contribution < -0.4 is 15.0 Å². The van der Waals surface area contributed by atoms with Crippen molar-refractivity contribution >= 4 is 5.69 Å². The Bertz CT molecular complexity index is 381. The van der Waals surface area contributed by atoms with Crippen LogP contribution in [0.3, 0.4) is 0 Å². The van der Waals surface area contributed by atoms with E-state index in [1.54, 1.807) is 7.11 Å². The molecule has 1 aliphatic heterocycles. The van der Waals surface area contributed by atoms with Crippen molar-refractivity contribution in [2.24, 2.45) is 0 Å². The zero-order valence-electron chi connectivity index (χ0n) is 10.9. The molecule has 0 aromatic carbocycles. The number of anilines is 1. The average Bonchev–Trinajstić information content (AvgIpc) is 2.77. The summed E-state index contributed by atoms with van der Waals surface area (Å²) >= 11 is 0. The second-order valence-electron chi connectivity index (χ2n) is 4.54. The highest BCUT2D eigenvalue weighted by Crippen LogP contribution is 2.33. The third-order valence-corrected chi connectivity index (χ3v) is 3.33. The molecule has 1 atom stereocenters. The molecule has 1 aromatic rings. The molecule has 2 rings (SSSR count). The predicted molar refractivity (Wildman–Crippen MR) is 69.8 cm³/mol. The van der Waals surface area contributed by atoms with Gasteiger partial charge in [0.25, 0.3) is 0 Å². The van der Waals surface area contributed by atoms with Gasteiger partial charge in [-0.3, -0.25) is 4.98 Å². The number of aryl methyl sites for hydroxylation is 1. The number of methoxy groups -OCH3 is 1. The molecule has 0 bridgehead atoms. The fraction of sp³-hybridized carbons (Fsp3) is 0.615. The first kappa shape index (κ1) is 12.2. The van der Waals surface area contributed by atoms with E-state index in [2.05, 4.69) is 21.3 Å². The van der Waals surface area contributed by atoms with Crippen LogP contribution in [0, 0.1) is 6.92 Å². The van der Waals surface area contributed by atoms with E-state index in [-0.39, 0.29) is 0 Å². The maximum Gasteiger partial charge on any atom is 0.160 e. The zero-order chi connectivity index (χ0) is 12.3. The van der Waals surface area contributed by atoms with Crippen molar-refractivity contribution in [3.63, 3.8) is 0 Å². The Morgan fingerprint density at radius 2 is 2.41 bits per heavy atom. The van der Waals surface area contributed by atoms with Gasteiger partial charge in [-0.25, -0.2) is 0 Å². The molecule has 0 aliphatic carbocycles. The lowest BCUT2D eigenvalue weighted by atomic mass is 10.2. The van der Waals surface area contributed by atoms with Gasteiger partial charge >= 0.3 is 0 Å². The van der Waals surface area contributed by atoms with Gasteiger partial charge in [-0.05, 0) is 32.9 Å². The van der Waals surface area contributed by atoms with Crippen LogP contribution in [0.1, 0.15) is 18.5 Å². The third-order valence-electron chi connectivity index (χ3n) is 3.33. The van der Waals surface area contributed by atoms with E-state index in [0.29, 0.717) is 6.04 Å². The smallest absolute Gasteiger partial charge is 0.160 e. The molecule has 1 fully saturated rings. The topological polar surface area (TPSA) is 37.4 Å². The van der Waals surface area contributed by atoms with Crippen molar-refractivity contribution in [2.45, 2.75) is 25.8 Å². The Morgan fingerprint density at radius 1 is 1.59 bits per heavy atom. The number of rotatable bonds is 4. The number of pyridine rings is 1. The summed E-state index contributed by atoms with van der Waals surface area (Å²) in [5.74, 6) is 0.874. The SMILES string of the molecule is CNCC1CCCN1c1cc(C)ncc1OC. The lowest BCUT2D eigenvalue weighted by Gasteiger charge is -2.28. The van der Waals surface area contributed by atoms with E-state index in [9.17, 15) is 0 Å². The van der Waals surface area contributed by atoms with Crippen LogP contribution >= 0.6 is 0 Å². The average molecular weight is 235 g/mol. The summed E-state index contributed by atoms with van der Waals surface area (Å²) in [5, 5.41) is 3.26. The minimum atomic E-state index is 0.565. The molecule has 4 heteroatoms. The van der Waals surface area contributed by atoms with Crippen molar-refractivity contribution < 1.29 is 4.74 Å². The highest BCUT2D eigenvalue weighted by Gasteiger charge is 2.26. The Kier molecular flexibility index (Phi) is 3.84. The van der Waals surface area contributed by atoms with Crippen LogP contribution in [-0.4, -0.2) is 38.3 Å².